The third-order valence-electron chi connectivity index (χ3n) is 2.80. The van der Waals surface area contributed by atoms with Crippen molar-refractivity contribution in [2.45, 2.75) is 53.0 Å². The highest BCUT2D eigenvalue weighted by atomic mass is 16.3. The van der Waals surface area contributed by atoms with Gasteiger partial charge in [0.2, 0.25) is 5.91 Å². The molecule has 14 heavy (non-hydrogen) atoms. The van der Waals surface area contributed by atoms with E-state index in [-0.39, 0.29) is 24.0 Å². The molecule has 0 rings (SSSR count). The van der Waals surface area contributed by atoms with Crippen molar-refractivity contribution in [3.8, 4) is 0 Å². The van der Waals surface area contributed by atoms with Crippen molar-refractivity contribution in [2.75, 3.05) is 6.61 Å². The number of aliphatic hydroxyl groups is 1. The molecule has 84 valence electrons. The van der Waals surface area contributed by atoms with Crippen LogP contribution in [-0.2, 0) is 4.79 Å². The first-order valence-corrected chi connectivity index (χ1v) is 5.39. The fourth-order valence-electron chi connectivity index (χ4n) is 1.08. The molecule has 0 aliphatic heterocycles. The van der Waals surface area contributed by atoms with Crippen LogP contribution in [0.4, 0.5) is 0 Å². The van der Waals surface area contributed by atoms with Crippen molar-refractivity contribution in [1.82, 2.24) is 5.32 Å². The van der Waals surface area contributed by atoms with E-state index in [1.807, 2.05) is 27.7 Å². The summed E-state index contributed by atoms with van der Waals surface area (Å²) < 4.78 is 0. The molecule has 0 saturated heterocycles. The van der Waals surface area contributed by atoms with Gasteiger partial charge >= 0.3 is 0 Å². The molecule has 3 nitrogen and oxygen atoms in total. The number of carbonyl (C=O) groups excluding carboxylic acids is 1. The molecule has 0 aromatic heterocycles. The van der Waals surface area contributed by atoms with Crippen molar-refractivity contribution in [3.63, 3.8) is 0 Å². The summed E-state index contributed by atoms with van der Waals surface area (Å²) in [6.07, 6.45) is 2.34. The predicted molar refractivity (Wildman–Crippen MR) is 58.0 cm³/mol. The lowest BCUT2D eigenvalue weighted by molar-refractivity contribution is -0.130. The molecule has 0 spiro atoms. The monoisotopic (exact) mass is 201 g/mol. The molecule has 0 saturated carbocycles. The number of amides is 1. The van der Waals surface area contributed by atoms with E-state index in [2.05, 4.69) is 5.32 Å². The Balaban J connectivity index is 4.15. The standard InChI is InChI=1S/C11H23NO2/c1-5-9(7-8-13)12-10(14)11(3,4)6-2/h9,13H,5-8H2,1-4H3,(H,12,14). The summed E-state index contributed by atoms with van der Waals surface area (Å²) in [5.41, 5.74) is -0.303. The maximum Gasteiger partial charge on any atom is 0.225 e. The Kier molecular flexibility index (Phi) is 5.77. The minimum atomic E-state index is -0.303. The summed E-state index contributed by atoms with van der Waals surface area (Å²) in [5.74, 6) is 0.0836. The molecule has 1 unspecified atom stereocenters. The lowest BCUT2D eigenvalue weighted by Crippen LogP contribution is -2.42. The van der Waals surface area contributed by atoms with Gasteiger partial charge in [0, 0.05) is 18.1 Å². The Morgan fingerprint density at radius 2 is 2.00 bits per heavy atom. The summed E-state index contributed by atoms with van der Waals surface area (Å²) in [4.78, 5) is 11.7. The van der Waals surface area contributed by atoms with Crippen LogP contribution < -0.4 is 5.32 Å². The number of aliphatic hydroxyl groups excluding tert-OH is 1. The molecule has 0 radical (unpaired) electrons. The maximum absolute atomic E-state index is 11.7. The van der Waals surface area contributed by atoms with E-state index in [0.717, 1.165) is 12.8 Å². The van der Waals surface area contributed by atoms with Gasteiger partial charge in [-0.3, -0.25) is 4.79 Å². The molecule has 0 bridgehead atoms. The quantitative estimate of drug-likeness (QED) is 0.687. The smallest absolute Gasteiger partial charge is 0.225 e. The van der Waals surface area contributed by atoms with Crippen LogP contribution in [0.2, 0.25) is 0 Å². The number of nitrogens with one attached hydrogen (secondary N) is 1. The number of rotatable bonds is 6. The fourth-order valence-corrected chi connectivity index (χ4v) is 1.08. The second-order valence-electron chi connectivity index (χ2n) is 4.33. The molecule has 1 atom stereocenters. The third kappa shape index (κ3) is 4.09. The second-order valence-corrected chi connectivity index (χ2v) is 4.33. The number of hydrogen-bond acceptors (Lipinski definition) is 2. The van der Waals surface area contributed by atoms with Gasteiger partial charge in [-0.15, -0.1) is 0 Å². The van der Waals surface area contributed by atoms with Crippen molar-refractivity contribution in [1.29, 1.82) is 0 Å². The van der Waals surface area contributed by atoms with Crippen LogP contribution >= 0.6 is 0 Å². The van der Waals surface area contributed by atoms with E-state index < -0.39 is 0 Å². The number of hydrogen-bond donors (Lipinski definition) is 2. The largest absolute Gasteiger partial charge is 0.396 e. The van der Waals surface area contributed by atoms with E-state index in [4.69, 9.17) is 5.11 Å². The highest BCUT2D eigenvalue weighted by molar-refractivity contribution is 5.81. The van der Waals surface area contributed by atoms with Gasteiger partial charge < -0.3 is 10.4 Å². The molecule has 2 N–H and O–H groups in total. The van der Waals surface area contributed by atoms with Crippen LogP contribution in [0.5, 0.6) is 0 Å². The van der Waals surface area contributed by atoms with Crippen LogP contribution in [0.3, 0.4) is 0 Å². The van der Waals surface area contributed by atoms with Gasteiger partial charge in [0.25, 0.3) is 0 Å². The highest BCUT2D eigenvalue weighted by Gasteiger charge is 2.26. The van der Waals surface area contributed by atoms with E-state index in [1.54, 1.807) is 0 Å². The average Bonchev–Trinajstić information content (AvgIpc) is 2.16. The molecule has 0 aromatic rings. The topological polar surface area (TPSA) is 49.3 Å². The van der Waals surface area contributed by atoms with Gasteiger partial charge in [-0.05, 0) is 19.3 Å². The van der Waals surface area contributed by atoms with Crippen LogP contribution in [0, 0.1) is 5.41 Å². The molecule has 0 aliphatic carbocycles. The van der Waals surface area contributed by atoms with Crippen LogP contribution in [0.1, 0.15) is 47.0 Å². The van der Waals surface area contributed by atoms with E-state index in [9.17, 15) is 4.79 Å². The minimum Gasteiger partial charge on any atom is -0.396 e. The molecule has 0 fully saturated rings. The predicted octanol–water partition coefficient (Wildman–Crippen LogP) is 1.70. The Hall–Kier alpha value is -0.570. The SMILES string of the molecule is CCC(CCO)NC(=O)C(C)(C)CC. The van der Waals surface area contributed by atoms with E-state index in [1.165, 1.54) is 0 Å². The second kappa shape index (κ2) is 6.02. The first-order valence-electron chi connectivity index (χ1n) is 5.39. The summed E-state index contributed by atoms with van der Waals surface area (Å²) in [5, 5.41) is 11.7. The molecular formula is C11H23NO2. The highest BCUT2D eigenvalue weighted by Crippen LogP contribution is 2.20. The van der Waals surface area contributed by atoms with Crippen LogP contribution in [-0.4, -0.2) is 23.7 Å². The fraction of sp³-hybridized carbons (Fsp3) is 0.909. The summed E-state index contributed by atoms with van der Waals surface area (Å²) >= 11 is 0. The Labute approximate surface area is 86.9 Å². The van der Waals surface area contributed by atoms with Gasteiger partial charge in [-0.2, -0.15) is 0 Å². The normalized spacial score (nSPS) is 13.8. The van der Waals surface area contributed by atoms with Gasteiger partial charge in [0.05, 0.1) is 0 Å². The molecular weight excluding hydrogens is 178 g/mol. The molecule has 1 amide bonds. The van der Waals surface area contributed by atoms with Crippen molar-refractivity contribution >= 4 is 5.91 Å². The molecule has 0 heterocycles. The lowest BCUT2D eigenvalue weighted by Gasteiger charge is -2.25. The van der Waals surface area contributed by atoms with Crippen molar-refractivity contribution in [2.24, 2.45) is 5.41 Å². The van der Waals surface area contributed by atoms with Crippen LogP contribution in [0.15, 0.2) is 0 Å². The van der Waals surface area contributed by atoms with Gasteiger partial charge in [-0.1, -0.05) is 27.7 Å². The number of carbonyl (C=O) groups is 1. The zero-order valence-corrected chi connectivity index (χ0v) is 9.76. The van der Waals surface area contributed by atoms with Gasteiger partial charge in [0.15, 0.2) is 0 Å². The van der Waals surface area contributed by atoms with Crippen LogP contribution in [0.25, 0.3) is 0 Å². The van der Waals surface area contributed by atoms with Crippen molar-refractivity contribution < 1.29 is 9.90 Å². The van der Waals surface area contributed by atoms with Crippen molar-refractivity contribution in [3.05, 3.63) is 0 Å². The molecule has 0 aromatic carbocycles. The molecule has 3 heteroatoms. The average molecular weight is 201 g/mol. The maximum atomic E-state index is 11.7. The Morgan fingerprint density at radius 1 is 1.43 bits per heavy atom. The Morgan fingerprint density at radius 3 is 2.36 bits per heavy atom. The Bertz CT molecular complexity index is 178. The zero-order chi connectivity index (χ0) is 11.2. The first kappa shape index (κ1) is 13.4. The first-order chi connectivity index (χ1) is 6.47. The zero-order valence-electron chi connectivity index (χ0n) is 9.76. The summed E-state index contributed by atoms with van der Waals surface area (Å²) in [7, 11) is 0. The van der Waals surface area contributed by atoms with Gasteiger partial charge in [-0.25, -0.2) is 0 Å². The minimum absolute atomic E-state index is 0.0836. The summed E-state index contributed by atoms with van der Waals surface area (Å²) in [6.45, 7) is 8.03. The summed E-state index contributed by atoms with van der Waals surface area (Å²) in [6, 6.07) is 0.110. The molecule has 0 aliphatic rings. The third-order valence-corrected chi connectivity index (χ3v) is 2.80. The lowest BCUT2D eigenvalue weighted by atomic mass is 9.89. The van der Waals surface area contributed by atoms with E-state index in [0.29, 0.717) is 6.42 Å². The van der Waals surface area contributed by atoms with E-state index >= 15 is 0 Å². The van der Waals surface area contributed by atoms with Gasteiger partial charge in [0.1, 0.15) is 0 Å².